The number of para-hydroxylation sites is 3. The second-order valence-electron chi connectivity index (χ2n) is 13.9. The van der Waals surface area contributed by atoms with Gasteiger partial charge in [0.2, 0.25) is 0 Å². The molecule has 6 heteroatoms. The molecule has 0 spiro atoms. The van der Waals surface area contributed by atoms with Gasteiger partial charge in [0, 0.05) is 62.0 Å². The van der Waals surface area contributed by atoms with Crippen LogP contribution in [0.4, 0.5) is 0 Å². The number of benzene rings is 7. The van der Waals surface area contributed by atoms with E-state index in [1.165, 1.54) is 32.6 Å². The maximum Gasteiger partial charge on any atom is 0.164 e. The highest BCUT2D eigenvalue weighted by atomic mass is 15.0. The SMILES string of the molecule is c1ccc(-c2nc(-c3ccc(-c4cccnc4)cc3)nc(-c3ccc(-n4c5ccccc5c5c6c7ccccc7n(-c7ccccc7)c6ccc54)cc3)n2)cc1. The van der Waals surface area contributed by atoms with Crippen molar-refractivity contribution < 1.29 is 0 Å². The lowest BCUT2D eigenvalue weighted by molar-refractivity contribution is 1.07. The molecule has 0 saturated carbocycles. The third-order valence-electron chi connectivity index (χ3n) is 10.7. The van der Waals surface area contributed by atoms with Gasteiger partial charge >= 0.3 is 0 Å². The first-order valence-electron chi connectivity index (χ1n) is 18.7. The number of nitrogens with zero attached hydrogens (tertiary/aromatic N) is 6. The minimum absolute atomic E-state index is 0.620. The molecule has 0 amide bonds. The Bertz CT molecular complexity index is 3200. The summed E-state index contributed by atoms with van der Waals surface area (Å²) in [7, 11) is 0. The van der Waals surface area contributed by atoms with Gasteiger partial charge in [0.1, 0.15) is 0 Å². The molecule has 0 aliphatic heterocycles. The summed E-state index contributed by atoms with van der Waals surface area (Å²) in [4.78, 5) is 19.3. The highest BCUT2D eigenvalue weighted by molar-refractivity contribution is 6.28. The lowest BCUT2D eigenvalue weighted by Gasteiger charge is -2.11. The molecule has 11 aromatic rings. The first-order chi connectivity index (χ1) is 27.8. The van der Waals surface area contributed by atoms with Crippen molar-refractivity contribution in [2.45, 2.75) is 0 Å². The van der Waals surface area contributed by atoms with Crippen LogP contribution in [0.1, 0.15) is 0 Å². The Kier molecular flexibility index (Phi) is 7.38. The summed E-state index contributed by atoms with van der Waals surface area (Å²) in [5.41, 5.74) is 11.8. The Morgan fingerprint density at radius 1 is 0.304 bits per heavy atom. The van der Waals surface area contributed by atoms with Crippen LogP contribution in [0, 0.1) is 0 Å². The van der Waals surface area contributed by atoms with Gasteiger partial charge in [-0.1, -0.05) is 115 Å². The van der Waals surface area contributed by atoms with Gasteiger partial charge in [0.25, 0.3) is 0 Å². The zero-order chi connectivity index (χ0) is 37.0. The zero-order valence-corrected chi connectivity index (χ0v) is 30.2. The number of hydrogen-bond acceptors (Lipinski definition) is 4. The van der Waals surface area contributed by atoms with Crippen LogP contribution in [-0.2, 0) is 0 Å². The molecular formula is C50H32N6. The average Bonchev–Trinajstić information content (AvgIpc) is 3.80. The molecule has 0 atom stereocenters. The van der Waals surface area contributed by atoms with Crippen molar-refractivity contribution in [3.05, 3.63) is 194 Å². The predicted molar refractivity (Wildman–Crippen MR) is 228 cm³/mol. The molecule has 0 N–H and O–H groups in total. The Hall–Kier alpha value is -7.70. The Balaban J connectivity index is 1.05. The summed E-state index contributed by atoms with van der Waals surface area (Å²) in [6.07, 6.45) is 3.66. The molecular weight excluding hydrogens is 685 g/mol. The monoisotopic (exact) mass is 716 g/mol. The van der Waals surface area contributed by atoms with E-state index in [1.807, 2.05) is 42.6 Å². The van der Waals surface area contributed by atoms with Crippen molar-refractivity contribution >= 4 is 43.6 Å². The summed E-state index contributed by atoms with van der Waals surface area (Å²) in [5.74, 6) is 1.87. The summed E-state index contributed by atoms with van der Waals surface area (Å²) in [6, 6.07) is 63.6. The van der Waals surface area contributed by atoms with E-state index in [0.29, 0.717) is 17.5 Å². The third-order valence-corrected chi connectivity index (χ3v) is 10.7. The van der Waals surface area contributed by atoms with Gasteiger partial charge in [-0.05, 0) is 77.9 Å². The average molecular weight is 717 g/mol. The fourth-order valence-corrected chi connectivity index (χ4v) is 8.11. The second-order valence-corrected chi connectivity index (χ2v) is 13.9. The van der Waals surface area contributed by atoms with E-state index in [2.05, 4.69) is 160 Å². The van der Waals surface area contributed by atoms with Gasteiger partial charge in [-0.15, -0.1) is 0 Å². The summed E-state index contributed by atoms with van der Waals surface area (Å²) >= 11 is 0. The van der Waals surface area contributed by atoms with E-state index in [1.54, 1.807) is 6.20 Å². The molecule has 7 aromatic carbocycles. The molecule has 0 aliphatic carbocycles. The van der Waals surface area contributed by atoms with Crippen LogP contribution >= 0.6 is 0 Å². The zero-order valence-electron chi connectivity index (χ0n) is 30.2. The molecule has 0 saturated heterocycles. The molecule has 4 heterocycles. The smallest absolute Gasteiger partial charge is 0.164 e. The van der Waals surface area contributed by atoms with Crippen LogP contribution in [0.3, 0.4) is 0 Å². The van der Waals surface area contributed by atoms with E-state index >= 15 is 0 Å². The van der Waals surface area contributed by atoms with E-state index in [9.17, 15) is 0 Å². The fourth-order valence-electron chi connectivity index (χ4n) is 8.11. The maximum atomic E-state index is 5.04. The first kappa shape index (κ1) is 31.8. The van der Waals surface area contributed by atoms with Crippen molar-refractivity contribution in [3.63, 3.8) is 0 Å². The van der Waals surface area contributed by atoms with Crippen molar-refractivity contribution in [1.29, 1.82) is 0 Å². The molecule has 0 unspecified atom stereocenters. The van der Waals surface area contributed by atoms with E-state index in [-0.39, 0.29) is 0 Å². The normalized spacial score (nSPS) is 11.6. The van der Waals surface area contributed by atoms with Gasteiger partial charge in [0.15, 0.2) is 17.5 Å². The van der Waals surface area contributed by atoms with Gasteiger partial charge < -0.3 is 9.13 Å². The number of fused-ring (bicyclic) bond motifs is 7. The van der Waals surface area contributed by atoms with Crippen LogP contribution in [0.2, 0.25) is 0 Å². The Labute approximate surface area is 322 Å². The fraction of sp³-hybridized carbons (Fsp3) is 0. The van der Waals surface area contributed by atoms with Crippen molar-refractivity contribution in [1.82, 2.24) is 29.1 Å². The summed E-state index contributed by atoms with van der Waals surface area (Å²) in [6.45, 7) is 0. The minimum Gasteiger partial charge on any atom is -0.309 e. The quantitative estimate of drug-likeness (QED) is 0.172. The van der Waals surface area contributed by atoms with Crippen LogP contribution in [0.5, 0.6) is 0 Å². The lowest BCUT2D eigenvalue weighted by Crippen LogP contribution is -2.00. The number of rotatable bonds is 6. The lowest BCUT2D eigenvalue weighted by atomic mass is 10.1. The molecule has 11 rings (SSSR count). The van der Waals surface area contributed by atoms with E-state index in [4.69, 9.17) is 15.0 Å². The minimum atomic E-state index is 0.620. The second kappa shape index (κ2) is 13.0. The molecule has 0 radical (unpaired) electrons. The van der Waals surface area contributed by atoms with Gasteiger partial charge in [-0.3, -0.25) is 4.98 Å². The highest BCUT2D eigenvalue weighted by Gasteiger charge is 2.20. The molecule has 56 heavy (non-hydrogen) atoms. The van der Waals surface area contributed by atoms with E-state index in [0.717, 1.165) is 50.2 Å². The van der Waals surface area contributed by atoms with Crippen molar-refractivity contribution in [2.24, 2.45) is 0 Å². The van der Waals surface area contributed by atoms with Crippen LogP contribution in [0.15, 0.2) is 194 Å². The first-order valence-corrected chi connectivity index (χ1v) is 18.7. The number of hydrogen-bond donors (Lipinski definition) is 0. The third kappa shape index (κ3) is 5.19. The molecule has 6 nitrogen and oxygen atoms in total. The number of aromatic nitrogens is 6. The molecule has 0 aliphatic rings. The largest absolute Gasteiger partial charge is 0.309 e. The van der Waals surface area contributed by atoms with Gasteiger partial charge in [0.05, 0.1) is 22.1 Å². The van der Waals surface area contributed by atoms with Crippen LogP contribution in [-0.4, -0.2) is 29.1 Å². The molecule has 0 fully saturated rings. The summed E-state index contributed by atoms with van der Waals surface area (Å²) in [5, 5.41) is 4.96. The Morgan fingerprint density at radius 2 is 0.732 bits per heavy atom. The molecule has 262 valence electrons. The van der Waals surface area contributed by atoms with Gasteiger partial charge in [-0.2, -0.15) is 0 Å². The number of pyridine rings is 1. The van der Waals surface area contributed by atoms with E-state index < -0.39 is 0 Å². The topological polar surface area (TPSA) is 61.4 Å². The van der Waals surface area contributed by atoms with Crippen LogP contribution < -0.4 is 0 Å². The molecule has 0 bridgehead atoms. The standard InChI is InChI=1S/C50H32N6/c1-3-12-34(13-4-1)48-52-49(35-23-21-33(22-24-35)37-14-11-31-51-32-37)54-50(53-48)36-25-27-39(28-26-36)56-43-20-10-8-18-41(43)47-45(56)30-29-44-46(47)40-17-7-9-19-42(40)55(44)38-15-5-2-6-16-38/h1-32H. The predicted octanol–water partition coefficient (Wildman–Crippen LogP) is 12.1. The van der Waals surface area contributed by atoms with Crippen LogP contribution in [0.25, 0.3) is 100 Å². The Morgan fingerprint density at radius 3 is 1.27 bits per heavy atom. The summed E-state index contributed by atoms with van der Waals surface area (Å²) < 4.78 is 4.76. The highest BCUT2D eigenvalue weighted by Crippen LogP contribution is 2.42. The van der Waals surface area contributed by atoms with Gasteiger partial charge in [-0.25, -0.2) is 15.0 Å². The van der Waals surface area contributed by atoms with Crippen molar-refractivity contribution in [3.8, 4) is 56.7 Å². The van der Waals surface area contributed by atoms with Crippen molar-refractivity contribution in [2.75, 3.05) is 0 Å². The molecule has 4 aromatic heterocycles. The maximum absolute atomic E-state index is 5.04.